The molecule has 0 spiro atoms. The van der Waals surface area contributed by atoms with Crippen molar-refractivity contribution in [1.29, 1.82) is 0 Å². The maximum atomic E-state index is 12.0. The summed E-state index contributed by atoms with van der Waals surface area (Å²) in [7, 11) is 3.51. The van der Waals surface area contributed by atoms with Crippen LogP contribution in [0, 0.1) is 6.92 Å². The van der Waals surface area contributed by atoms with Gasteiger partial charge < -0.3 is 20.4 Å². The van der Waals surface area contributed by atoms with Crippen LogP contribution in [-0.4, -0.2) is 56.5 Å². The third-order valence-corrected chi connectivity index (χ3v) is 5.92. The first-order chi connectivity index (χ1) is 14.0. The number of halogens is 1. The number of piperidine rings is 1. The first-order valence-electron chi connectivity index (χ1n) is 10.1. The molecule has 1 aromatic heterocycles. The van der Waals surface area contributed by atoms with Crippen LogP contribution in [0.2, 0.25) is 0 Å². The second-order valence-corrected chi connectivity index (χ2v) is 8.68. The van der Waals surface area contributed by atoms with Crippen LogP contribution in [0.5, 0.6) is 0 Å². The summed E-state index contributed by atoms with van der Waals surface area (Å²) in [6.07, 6.45) is 2.21. The van der Waals surface area contributed by atoms with Crippen molar-refractivity contribution in [2.24, 2.45) is 4.99 Å². The number of nitrogens with zero attached hydrogens (tertiary/aromatic N) is 3. The third-order valence-electron chi connectivity index (χ3n) is 5.04. The minimum atomic E-state index is -0.00727. The molecule has 1 saturated heterocycles. The Bertz CT molecular complexity index is 807. The Morgan fingerprint density at radius 1 is 1.27 bits per heavy atom. The van der Waals surface area contributed by atoms with Crippen molar-refractivity contribution in [3.05, 3.63) is 52.2 Å². The quantitative estimate of drug-likeness (QED) is 0.334. The number of aryl methyl sites for hydroxylation is 1. The maximum Gasteiger partial charge on any atom is 0.243 e. The van der Waals surface area contributed by atoms with Crippen LogP contribution in [0.4, 0.5) is 5.69 Å². The summed E-state index contributed by atoms with van der Waals surface area (Å²) >= 11 is 1.71. The molecule has 1 unspecified atom stereocenters. The van der Waals surface area contributed by atoms with Gasteiger partial charge in [0.15, 0.2) is 5.96 Å². The number of amides is 1. The fourth-order valence-electron chi connectivity index (χ4n) is 3.30. The second kappa shape index (κ2) is 12.1. The Morgan fingerprint density at radius 3 is 2.70 bits per heavy atom. The minimum Gasteiger partial charge on any atom is -0.369 e. The van der Waals surface area contributed by atoms with Crippen molar-refractivity contribution in [3.63, 3.8) is 0 Å². The lowest BCUT2D eigenvalue weighted by Crippen LogP contribution is -2.51. The third kappa shape index (κ3) is 7.46. The van der Waals surface area contributed by atoms with Crippen molar-refractivity contribution < 1.29 is 4.79 Å². The first-order valence-corrected chi connectivity index (χ1v) is 11.0. The van der Waals surface area contributed by atoms with Gasteiger partial charge in [0.1, 0.15) is 6.54 Å². The van der Waals surface area contributed by atoms with Gasteiger partial charge >= 0.3 is 0 Å². The van der Waals surface area contributed by atoms with Crippen molar-refractivity contribution in [3.8, 4) is 0 Å². The molecule has 164 valence electrons. The Hall–Kier alpha value is -1.81. The highest BCUT2D eigenvalue weighted by Gasteiger charge is 2.21. The zero-order valence-corrected chi connectivity index (χ0v) is 21.1. The van der Waals surface area contributed by atoms with Crippen LogP contribution in [0.25, 0.3) is 0 Å². The highest BCUT2D eigenvalue weighted by Crippen LogP contribution is 2.20. The van der Waals surface area contributed by atoms with E-state index in [9.17, 15) is 4.79 Å². The summed E-state index contributed by atoms with van der Waals surface area (Å²) in [6, 6.07) is 13.1. The molecule has 0 bridgehead atoms. The molecule has 2 N–H and O–H groups in total. The predicted octanol–water partition coefficient (Wildman–Crippen LogP) is 3.47. The summed E-state index contributed by atoms with van der Waals surface area (Å²) < 4.78 is 0. The first kappa shape index (κ1) is 24.5. The lowest BCUT2D eigenvalue weighted by atomic mass is 10.0. The smallest absolute Gasteiger partial charge is 0.243 e. The molecular weight excluding hydrogens is 509 g/mol. The van der Waals surface area contributed by atoms with E-state index in [-0.39, 0.29) is 42.5 Å². The molecule has 0 radical (unpaired) electrons. The summed E-state index contributed by atoms with van der Waals surface area (Å²) in [5.41, 5.74) is 2.54. The van der Waals surface area contributed by atoms with Crippen molar-refractivity contribution in [2.75, 3.05) is 38.6 Å². The highest BCUT2D eigenvalue weighted by molar-refractivity contribution is 14.0. The molecule has 1 aliphatic heterocycles. The fourth-order valence-corrected chi connectivity index (χ4v) is 3.95. The summed E-state index contributed by atoms with van der Waals surface area (Å²) in [5.74, 6) is 0.691. The molecule has 0 saturated carbocycles. The molecular formula is C22H32IN5OS. The maximum absolute atomic E-state index is 12.0. The van der Waals surface area contributed by atoms with E-state index in [0.717, 1.165) is 25.9 Å². The minimum absolute atomic E-state index is 0. The van der Waals surface area contributed by atoms with Gasteiger partial charge in [0, 0.05) is 43.8 Å². The number of rotatable bonds is 6. The molecule has 2 aromatic rings. The number of guanidine groups is 1. The van der Waals surface area contributed by atoms with Crippen LogP contribution >= 0.6 is 35.3 Å². The van der Waals surface area contributed by atoms with E-state index in [4.69, 9.17) is 0 Å². The molecule has 1 aromatic carbocycles. The number of benzene rings is 1. The Balaban J connectivity index is 0.00000320. The number of hydrogen-bond acceptors (Lipinski definition) is 4. The number of aliphatic imine (C=N–C) groups is 1. The zero-order valence-electron chi connectivity index (χ0n) is 17.9. The van der Waals surface area contributed by atoms with Gasteiger partial charge in [-0.15, -0.1) is 35.3 Å². The van der Waals surface area contributed by atoms with Crippen LogP contribution in [0.1, 0.15) is 23.3 Å². The lowest BCUT2D eigenvalue weighted by molar-refractivity contribution is -0.127. The van der Waals surface area contributed by atoms with E-state index in [1.165, 1.54) is 16.1 Å². The van der Waals surface area contributed by atoms with E-state index >= 15 is 0 Å². The van der Waals surface area contributed by atoms with Crippen molar-refractivity contribution in [2.45, 2.75) is 32.4 Å². The largest absolute Gasteiger partial charge is 0.369 e. The fraction of sp³-hybridized carbons (Fsp3) is 0.455. The van der Waals surface area contributed by atoms with E-state index in [1.54, 1.807) is 30.3 Å². The molecule has 1 amide bonds. The molecule has 3 rings (SSSR count). The van der Waals surface area contributed by atoms with Gasteiger partial charge in [-0.2, -0.15) is 0 Å². The van der Waals surface area contributed by atoms with Gasteiger partial charge in [0.05, 0.1) is 6.54 Å². The number of carbonyl (C=O) groups excluding carboxylic acids is 1. The average Bonchev–Trinajstić information content (AvgIpc) is 3.24. The number of anilines is 1. The summed E-state index contributed by atoms with van der Waals surface area (Å²) in [5, 5.41) is 9.01. The van der Waals surface area contributed by atoms with Gasteiger partial charge in [0.2, 0.25) is 5.91 Å². The summed E-state index contributed by atoms with van der Waals surface area (Å²) in [4.78, 5) is 21.8. The summed E-state index contributed by atoms with van der Waals surface area (Å²) in [6.45, 7) is 4.94. The normalized spacial score (nSPS) is 16.6. The molecule has 6 nitrogen and oxygen atoms in total. The number of thiophene rings is 1. The standard InChI is InChI=1S/C22H31N5OS.HI/c1-17-8-10-19(11-9-17)27-12-4-6-18(16-27)25-22(24-15-21(28)26(2)3)23-14-20-7-5-13-29-20;/h5,7-11,13,18H,4,6,12,14-16H2,1-3H3,(H2,23,24,25);1H. The SMILES string of the molecule is Cc1ccc(N2CCCC(NC(=NCC(=O)N(C)C)NCc3cccs3)C2)cc1.I. The monoisotopic (exact) mass is 541 g/mol. The number of carbonyl (C=O) groups is 1. The van der Waals surface area contributed by atoms with E-state index in [0.29, 0.717) is 12.5 Å². The molecule has 1 fully saturated rings. The molecule has 1 atom stereocenters. The molecule has 0 aliphatic carbocycles. The molecule has 30 heavy (non-hydrogen) atoms. The van der Waals surface area contributed by atoms with Crippen LogP contribution in [0.3, 0.4) is 0 Å². The Morgan fingerprint density at radius 2 is 2.03 bits per heavy atom. The topological polar surface area (TPSA) is 60.0 Å². The molecule has 8 heteroatoms. The number of hydrogen-bond donors (Lipinski definition) is 2. The van der Waals surface area contributed by atoms with Gasteiger partial charge in [-0.25, -0.2) is 4.99 Å². The average molecular weight is 542 g/mol. The Labute approximate surface area is 200 Å². The van der Waals surface area contributed by atoms with Gasteiger partial charge in [-0.05, 0) is 43.3 Å². The van der Waals surface area contributed by atoms with E-state index in [1.807, 2.05) is 6.07 Å². The van der Waals surface area contributed by atoms with E-state index in [2.05, 4.69) is 63.2 Å². The lowest BCUT2D eigenvalue weighted by Gasteiger charge is -2.35. The molecule has 1 aliphatic rings. The second-order valence-electron chi connectivity index (χ2n) is 7.65. The zero-order chi connectivity index (χ0) is 20.6. The van der Waals surface area contributed by atoms with Gasteiger partial charge in [0.25, 0.3) is 0 Å². The number of nitrogens with one attached hydrogen (secondary N) is 2. The van der Waals surface area contributed by atoms with Gasteiger partial charge in [-0.1, -0.05) is 23.8 Å². The number of likely N-dealkylation sites (N-methyl/N-ethyl adjacent to an activating group) is 1. The predicted molar refractivity (Wildman–Crippen MR) is 137 cm³/mol. The van der Waals surface area contributed by atoms with Crippen LogP contribution < -0.4 is 15.5 Å². The van der Waals surface area contributed by atoms with Crippen molar-refractivity contribution >= 4 is 52.9 Å². The van der Waals surface area contributed by atoms with Crippen LogP contribution in [0.15, 0.2) is 46.8 Å². The van der Waals surface area contributed by atoms with Crippen LogP contribution in [-0.2, 0) is 11.3 Å². The Kier molecular flexibility index (Phi) is 9.90. The molecule has 2 heterocycles. The van der Waals surface area contributed by atoms with Crippen molar-refractivity contribution in [1.82, 2.24) is 15.5 Å². The van der Waals surface area contributed by atoms with Gasteiger partial charge in [-0.3, -0.25) is 4.79 Å². The van der Waals surface area contributed by atoms with E-state index < -0.39 is 0 Å². The highest BCUT2D eigenvalue weighted by atomic mass is 127.